The Morgan fingerprint density at radius 2 is 1.22 bits per heavy atom. The molecule has 9 heteroatoms. The van der Waals surface area contributed by atoms with E-state index in [0.29, 0.717) is 0 Å². The molecule has 0 unspecified atom stereocenters. The summed E-state index contributed by atoms with van der Waals surface area (Å²) in [6.45, 7) is 0. The fraction of sp³-hybridized carbons (Fsp3) is 0. The first kappa shape index (κ1) is 9.14. The maximum atomic E-state index is 9.38. The number of rotatable bonds is 2. The van der Waals surface area contributed by atoms with E-state index in [9.17, 15) is 23.5 Å². The second-order valence-corrected chi connectivity index (χ2v) is 4.52. The van der Waals surface area contributed by atoms with Crippen LogP contribution in [0.4, 0.5) is 0 Å². The minimum atomic E-state index is -6.07. The molecule has 0 aliphatic rings. The van der Waals surface area contributed by atoms with Crippen molar-refractivity contribution in [3.63, 3.8) is 0 Å². The molecule has 0 saturated heterocycles. The van der Waals surface area contributed by atoms with Gasteiger partial charge >= 0.3 is 56.5 Å². The summed E-state index contributed by atoms with van der Waals surface area (Å²) in [5, 5.41) is 0. The quantitative estimate of drug-likeness (QED) is 0.493. The van der Waals surface area contributed by atoms with Crippen molar-refractivity contribution in [1.29, 1.82) is 0 Å². The molecule has 0 saturated carbocycles. The van der Waals surface area contributed by atoms with Gasteiger partial charge in [0.05, 0.1) is 0 Å². The summed E-state index contributed by atoms with van der Waals surface area (Å²) in [7, 11) is 0. The molecule has 0 aromatic heterocycles. The van der Waals surface area contributed by atoms with Crippen molar-refractivity contribution in [2.24, 2.45) is 0 Å². The molecule has 7 nitrogen and oxygen atoms in total. The standard InChI is InChI=1S/2Cr.7O/q;;;;;;;2*-1/p+2. The minimum absolute atomic E-state index is 0. The predicted octanol–water partition coefficient (Wildman–Crippen LogP) is -2.70. The van der Waals surface area contributed by atoms with E-state index in [1.165, 1.54) is 0 Å². The van der Waals surface area contributed by atoms with Gasteiger partial charge < -0.3 is 0 Å². The van der Waals surface area contributed by atoms with Crippen LogP contribution in [0.25, 0.3) is 0 Å². The van der Waals surface area contributed by atoms with Gasteiger partial charge in [0, 0.05) is 0 Å². The van der Waals surface area contributed by atoms with Gasteiger partial charge in [0.1, 0.15) is 0 Å². The van der Waals surface area contributed by atoms with Crippen LogP contribution in [0.1, 0.15) is 2.85 Å². The molecule has 0 atom stereocenters. The summed E-state index contributed by atoms with van der Waals surface area (Å²) in [6, 6.07) is 0. The zero-order valence-corrected chi connectivity index (χ0v) is 6.22. The van der Waals surface area contributed by atoms with Crippen molar-refractivity contribution in [1.82, 2.24) is 0 Å². The second kappa shape index (κ2) is 2.41. The van der Waals surface area contributed by atoms with E-state index < -0.39 is 27.2 Å². The van der Waals surface area contributed by atoms with Gasteiger partial charge in [0.2, 0.25) is 0 Å². The topological polar surface area (TPSA) is 124 Å². The summed E-state index contributed by atoms with van der Waals surface area (Å²) in [5.74, 6) is 0. The molecule has 0 spiro atoms. The molecular formula is H2Cr2O7. The summed E-state index contributed by atoms with van der Waals surface area (Å²) in [5.41, 5.74) is 0. The van der Waals surface area contributed by atoms with E-state index in [1.54, 1.807) is 0 Å². The summed E-state index contributed by atoms with van der Waals surface area (Å²) in [4.78, 5) is 0. The van der Waals surface area contributed by atoms with Crippen LogP contribution < -0.4 is 8.32 Å². The molecule has 0 amide bonds. The molecule has 0 aliphatic heterocycles. The van der Waals surface area contributed by atoms with Crippen LogP contribution in [-0.2, 0) is 45.3 Å². The van der Waals surface area contributed by atoms with Gasteiger partial charge in [-0.25, -0.2) is 0 Å². The summed E-state index contributed by atoms with van der Waals surface area (Å²) >= 11 is -12.1. The monoisotopic (exact) mass is 218 g/mol. The van der Waals surface area contributed by atoms with E-state index in [2.05, 4.69) is 2.84 Å². The predicted molar refractivity (Wildman–Crippen MR) is 6.05 cm³/mol. The Balaban J connectivity index is -0.000000320. The Hall–Kier alpha value is 0.145. The Kier molecular flexibility index (Phi) is 2.45. The number of hydrogen-bond donors (Lipinski definition) is 0. The van der Waals surface area contributed by atoms with E-state index >= 15 is 0 Å². The molecule has 0 bridgehead atoms. The van der Waals surface area contributed by atoms with E-state index in [-0.39, 0.29) is 2.85 Å². The van der Waals surface area contributed by atoms with Crippen LogP contribution in [0.5, 0.6) is 0 Å². The van der Waals surface area contributed by atoms with Gasteiger partial charge in [0.15, 0.2) is 0 Å². The molecule has 0 fully saturated rings. The van der Waals surface area contributed by atoms with Crippen LogP contribution in [-0.4, -0.2) is 0 Å². The third kappa shape index (κ3) is 8.14. The van der Waals surface area contributed by atoms with E-state index in [1.807, 2.05) is 0 Å². The first-order valence-electron chi connectivity index (χ1n) is 1.33. The van der Waals surface area contributed by atoms with Crippen LogP contribution in [0.15, 0.2) is 0 Å². The average Bonchev–Trinajstić information content (AvgIpc) is 1.14. The molecule has 0 heterocycles. The van der Waals surface area contributed by atoms with E-state index in [4.69, 9.17) is 0 Å². The molecule has 0 aromatic carbocycles. The molecular weight excluding hydrogens is 216 g/mol. The average molecular weight is 218 g/mol. The van der Waals surface area contributed by atoms with Crippen LogP contribution in [0, 0.1) is 0 Å². The van der Waals surface area contributed by atoms with Gasteiger partial charge in [-0.05, 0) is 0 Å². The molecule has 0 aliphatic carbocycles. The Morgan fingerprint density at radius 1 is 1.00 bits per heavy atom. The van der Waals surface area contributed by atoms with Gasteiger partial charge in [-0.15, -0.1) is 0 Å². The van der Waals surface area contributed by atoms with Gasteiger partial charge in [-0.1, -0.05) is 0 Å². The summed E-state index contributed by atoms with van der Waals surface area (Å²) < 4.78 is 58.9. The van der Waals surface area contributed by atoms with Crippen molar-refractivity contribution in [3.8, 4) is 0 Å². The summed E-state index contributed by atoms with van der Waals surface area (Å²) in [6.07, 6.45) is 0. The van der Waals surface area contributed by atoms with Gasteiger partial charge in [-0.3, -0.25) is 0 Å². The normalized spacial score (nSPS) is 13.6. The molecule has 0 rings (SSSR count). The van der Waals surface area contributed by atoms with Gasteiger partial charge in [-0.2, -0.15) is 0 Å². The second-order valence-electron chi connectivity index (χ2n) is 0.885. The Labute approximate surface area is 57.0 Å². The zero-order valence-electron chi connectivity index (χ0n) is 5.67. The molecule has 0 N–H and O–H groups in total. The third-order valence-electron chi connectivity index (χ3n) is 0.167. The van der Waals surface area contributed by atoms with Gasteiger partial charge in [0.25, 0.3) is 0 Å². The Morgan fingerprint density at radius 3 is 1.22 bits per heavy atom. The van der Waals surface area contributed by atoms with Crippen molar-refractivity contribution >= 4 is 0 Å². The fourth-order valence-electron chi connectivity index (χ4n) is 0.102. The SMILES string of the molecule is [H+].[H+].[O]=[Cr](=[O])([O-])[O][Cr](=[O])(=[O])[O-]. The van der Waals surface area contributed by atoms with Crippen LogP contribution in [0.3, 0.4) is 0 Å². The fourth-order valence-corrected chi connectivity index (χ4v) is 1.74. The molecule has 0 radical (unpaired) electrons. The van der Waals surface area contributed by atoms with Crippen molar-refractivity contribution in [2.45, 2.75) is 0 Å². The van der Waals surface area contributed by atoms with Crippen LogP contribution in [0.2, 0.25) is 0 Å². The molecule has 0 aromatic rings. The van der Waals surface area contributed by atoms with E-state index in [0.717, 1.165) is 0 Å². The Bertz CT molecular complexity index is 240. The van der Waals surface area contributed by atoms with Crippen molar-refractivity contribution < 1.29 is 56.5 Å². The number of hydrogen-bond acceptors (Lipinski definition) is 7. The first-order valence-corrected chi connectivity index (χ1v) is 5.50. The first-order chi connectivity index (χ1) is 3.71. The van der Waals surface area contributed by atoms with Crippen LogP contribution >= 0.6 is 0 Å². The zero-order chi connectivity index (χ0) is 7.71. The van der Waals surface area contributed by atoms with Crippen molar-refractivity contribution in [2.75, 3.05) is 0 Å². The maximum absolute atomic E-state index is 9.38. The third-order valence-corrected chi connectivity index (χ3v) is 2.83. The van der Waals surface area contributed by atoms with Crippen molar-refractivity contribution in [3.05, 3.63) is 0 Å². The molecule has 9 heavy (non-hydrogen) atoms. The molecule has 56 valence electrons.